The first kappa shape index (κ1) is 22.9. The van der Waals surface area contributed by atoms with Gasteiger partial charge in [-0.2, -0.15) is 5.26 Å². The molecule has 140 valence electrons. The van der Waals surface area contributed by atoms with Crippen LogP contribution in [0.4, 0.5) is 11.6 Å². The number of pyridine rings is 1. The Morgan fingerprint density at radius 3 is 2.40 bits per heavy atom. The summed E-state index contributed by atoms with van der Waals surface area (Å²) in [5, 5.41) is 14.6. The van der Waals surface area contributed by atoms with Crippen LogP contribution in [-0.2, 0) is 14.6 Å². The molecule has 0 aliphatic rings. The van der Waals surface area contributed by atoms with Gasteiger partial charge in [-0.3, -0.25) is 0 Å². The molecule has 0 atom stereocenters. The van der Waals surface area contributed by atoms with Crippen molar-refractivity contribution < 1.29 is 13.2 Å². The van der Waals surface area contributed by atoms with E-state index in [-0.39, 0.29) is 5.75 Å². The van der Waals surface area contributed by atoms with Crippen LogP contribution in [0.3, 0.4) is 0 Å². The van der Waals surface area contributed by atoms with Crippen LogP contribution in [0.15, 0.2) is 24.1 Å². The number of aryl methyl sites for hydroxylation is 1. The summed E-state index contributed by atoms with van der Waals surface area (Å²) in [6.07, 6.45) is 0.907. The fourth-order valence-electron chi connectivity index (χ4n) is 1.79. The van der Waals surface area contributed by atoms with Gasteiger partial charge < -0.3 is 15.4 Å². The number of sulfone groups is 1. The highest BCUT2D eigenvalue weighted by Crippen LogP contribution is 2.13. The lowest BCUT2D eigenvalue weighted by molar-refractivity contribution is 0.147. The average Bonchev–Trinajstić information content (AvgIpc) is 2.55. The summed E-state index contributed by atoms with van der Waals surface area (Å²) in [5.41, 5.74) is 1.05. The van der Waals surface area contributed by atoms with Crippen molar-refractivity contribution in [3.05, 3.63) is 29.7 Å². The summed E-state index contributed by atoms with van der Waals surface area (Å²) in [6, 6.07) is 5.58. The predicted octanol–water partition coefficient (Wildman–Crippen LogP) is 2.73. The zero-order valence-electron chi connectivity index (χ0n) is 15.2. The normalized spacial score (nSPS) is 10.2. The first-order chi connectivity index (χ1) is 11.9. The summed E-state index contributed by atoms with van der Waals surface area (Å²) in [7, 11) is -3.19. The average molecular weight is 369 g/mol. The van der Waals surface area contributed by atoms with Gasteiger partial charge in [0.05, 0.1) is 11.8 Å². The molecule has 1 aromatic rings. The van der Waals surface area contributed by atoms with E-state index in [1.165, 1.54) is 6.92 Å². The van der Waals surface area contributed by atoms with Crippen molar-refractivity contribution in [1.82, 2.24) is 4.98 Å². The van der Waals surface area contributed by atoms with Gasteiger partial charge in [-0.25, -0.2) is 13.4 Å². The van der Waals surface area contributed by atoms with Gasteiger partial charge >= 0.3 is 0 Å². The number of rotatable bonds is 11. The molecule has 25 heavy (non-hydrogen) atoms. The largest absolute Gasteiger partial charge is 0.382 e. The monoisotopic (exact) mass is 368 g/mol. The Kier molecular flexibility index (Phi) is 12.1. The maximum absolute atomic E-state index is 11.3. The smallest absolute Gasteiger partial charge is 0.172 e. The lowest BCUT2D eigenvalue weighted by Gasteiger charge is -2.10. The molecule has 0 amide bonds. The molecule has 0 spiro atoms. The molecule has 7 nitrogen and oxygen atoms in total. The maximum atomic E-state index is 11.3. The number of nitrogens with one attached hydrogen (secondary N) is 2. The minimum Gasteiger partial charge on any atom is -0.382 e. The van der Waals surface area contributed by atoms with E-state index in [2.05, 4.69) is 22.2 Å². The lowest BCUT2D eigenvalue weighted by atomic mass is 10.3. The number of hydrogen-bond donors (Lipinski definition) is 2. The minimum absolute atomic E-state index is 0.00321. The molecule has 0 aromatic carbocycles. The molecule has 0 aliphatic carbocycles. The molecule has 2 N–H and O–H groups in total. The van der Waals surface area contributed by atoms with Crippen LogP contribution in [-0.4, -0.2) is 45.5 Å². The van der Waals surface area contributed by atoms with Gasteiger partial charge in [-0.05, 0) is 38.0 Å². The fraction of sp³-hybridized carbons (Fsp3) is 0.529. The Morgan fingerprint density at radius 2 is 1.88 bits per heavy atom. The molecule has 0 unspecified atom stereocenters. The van der Waals surface area contributed by atoms with Gasteiger partial charge in [-0.15, -0.1) is 0 Å². The SMILES string of the molecule is C=CS(=O)(=O)CCNc1cc(C)cc(NCCCOCC)n1.CC#N. The summed E-state index contributed by atoms with van der Waals surface area (Å²) in [5.74, 6) is 1.43. The second-order valence-electron chi connectivity index (χ2n) is 5.08. The molecule has 0 radical (unpaired) electrons. The number of aromatic nitrogens is 1. The fourth-order valence-corrected chi connectivity index (χ4v) is 2.34. The quantitative estimate of drug-likeness (QED) is 0.579. The van der Waals surface area contributed by atoms with Crippen molar-refractivity contribution in [2.24, 2.45) is 0 Å². The number of nitrogens with zero attached hydrogens (tertiary/aromatic N) is 2. The standard InChI is InChI=1S/C15H25N3O3S.C2H3N/c1-4-21-9-6-7-16-14-11-13(3)12-15(18-14)17-8-10-22(19,20)5-2;1-2-3/h5,11-12H,2,4,6-10H2,1,3H3,(H2,16,17,18);1H3. The maximum Gasteiger partial charge on any atom is 0.172 e. The summed E-state index contributed by atoms with van der Waals surface area (Å²) >= 11 is 0. The Balaban J connectivity index is 0.00000178. The molecule has 8 heteroatoms. The topological polar surface area (TPSA) is 104 Å². The molecule has 0 bridgehead atoms. The molecule has 0 saturated carbocycles. The Bertz CT molecular complexity index is 654. The molecule has 0 aliphatic heterocycles. The van der Waals surface area contributed by atoms with Crippen molar-refractivity contribution in [2.45, 2.75) is 27.2 Å². The second kappa shape index (κ2) is 13.2. The predicted molar refractivity (Wildman–Crippen MR) is 102 cm³/mol. The first-order valence-corrected chi connectivity index (χ1v) is 9.80. The van der Waals surface area contributed by atoms with E-state index in [0.717, 1.165) is 43.0 Å². The Hall–Kier alpha value is -2.11. The summed E-state index contributed by atoms with van der Waals surface area (Å²) in [6.45, 7) is 11.2. The van der Waals surface area contributed by atoms with Gasteiger partial charge in [0.25, 0.3) is 0 Å². The van der Waals surface area contributed by atoms with E-state index in [1.807, 2.05) is 26.0 Å². The van der Waals surface area contributed by atoms with E-state index in [1.54, 1.807) is 6.07 Å². The van der Waals surface area contributed by atoms with E-state index in [0.29, 0.717) is 12.4 Å². The number of nitriles is 1. The van der Waals surface area contributed by atoms with Crippen LogP contribution in [0.25, 0.3) is 0 Å². The molecule has 0 saturated heterocycles. The van der Waals surface area contributed by atoms with Crippen molar-refractivity contribution in [2.75, 3.05) is 42.7 Å². The van der Waals surface area contributed by atoms with Crippen LogP contribution in [0, 0.1) is 18.3 Å². The summed E-state index contributed by atoms with van der Waals surface area (Å²) < 4.78 is 28.0. The number of hydrogen-bond acceptors (Lipinski definition) is 7. The highest BCUT2D eigenvalue weighted by atomic mass is 32.2. The van der Waals surface area contributed by atoms with Crippen molar-refractivity contribution in [3.63, 3.8) is 0 Å². The van der Waals surface area contributed by atoms with Gasteiger partial charge in [0, 0.05) is 38.6 Å². The zero-order chi connectivity index (χ0) is 19.1. The van der Waals surface area contributed by atoms with E-state index >= 15 is 0 Å². The highest BCUT2D eigenvalue weighted by Gasteiger charge is 2.05. The van der Waals surface area contributed by atoms with Crippen molar-refractivity contribution in [3.8, 4) is 6.07 Å². The molecule has 1 aromatic heterocycles. The van der Waals surface area contributed by atoms with Crippen molar-refractivity contribution >= 4 is 21.5 Å². The minimum atomic E-state index is -3.19. The van der Waals surface area contributed by atoms with Gasteiger partial charge in [-0.1, -0.05) is 6.58 Å². The van der Waals surface area contributed by atoms with Gasteiger partial charge in [0.1, 0.15) is 11.6 Å². The third-order valence-electron chi connectivity index (χ3n) is 2.89. The molecular weight excluding hydrogens is 340 g/mol. The van der Waals surface area contributed by atoms with Crippen LogP contribution in [0.1, 0.15) is 25.8 Å². The van der Waals surface area contributed by atoms with Crippen LogP contribution in [0.5, 0.6) is 0 Å². The van der Waals surface area contributed by atoms with E-state index in [4.69, 9.17) is 10.00 Å². The highest BCUT2D eigenvalue weighted by molar-refractivity contribution is 7.94. The van der Waals surface area contributed by atoms with E-state index < -0.39 is 9.84 Å². The number of ether oxygens (including phenoxy) is 1. The third kappa shape index (κ3) is 12.0. The third-order valence-corrected chi connectivity index (χ3v) is 4.17. The van der Waals surface area contributed by atoms with Gasteiger partial charge in [0.15, 0.2) is 9.84 Å². The van der Waals surface area contributed by atoms with Crippen LogP contribution < -0.4 is 10.6 Å². The second-order valence-corrected chi connectivity index (χ2v) is 7.14. The zero-order valence-corrected chi connectivity index (χ0v) is 16.0. The molecular formula is C17H28N4O3S. The summed E-state index contributed by atoms with van der Waals surface area (Å²) in [4.78, 5) is 4.41. The Labute approximate surface area is 151 Å². The lowest BCUT2D eigenvalue weighted by Crippen LogP contribution is -2.15. The molecule has 1 rings (SSSR count). The van der Waals surface area contributed by atoms with Crippen molar-refractivity contribution in [1.29, 1.82) is 5.26 Å². The molecule has 1 heterocycles. The molecule has 0 fully saturated rings. The van der Waals surface area contributed by atoms with Gasteiger partial charge in [0.2, 0.25) is 0 Å². The van der Waals surface area contributed by atoms with Crippen LogP contribution in [0.2, 0.25) is 0 Å². The van der Waals surface area contributed by atoms with E-state index in [9.17, 15) is 8.42 Å². The first-order valence-electron chi connectivity index (χ1n) is 8.08. The van der Waals surface area contributed by atoms with Crippen LogP contribution >= 0.6 is 0 Å². The number of anilines is 2. The Morgan fingerprint density at radius 1 is 1.32 bits per heavy atom.